The lowest BCUT2D eigenvalue weighted by molar-refractivity contribution is 0.0472. The molecule has 0 heterocycles. The van der Waals surface area contributed by atoms with Gasteiger partial charge in [-0.1, -0.05) is 38.2 Å². The van der Waals surface area contributed by atoms with Gasteiger partial charge in [-0.15, -0.1) is 0 Å². The van der Waals surface area contributed by atoms with Crippen molar-refractivity contribution >= 4 is 0 Å². The van der Waals surface area contributed by atoms with Crippen molar-refractivity contribution in [3.8, 4) is 0 Å². The third-order valence-corrected chi connectivity index (χ3v) is 3.69. The fraction of sp³-hybridized carbons (Fsp3) is 0.625. The number of hydrogen-bond acceptors (Lipinski definition) is 3. The minimum Gasteiger partial charge on any atom is -0.301 e. The van der Waals surface area contributed by atoms with Gasteiger partial charge in [-0.3, -0.25) is 10.3 Å². The van der Waals surface area contributed by atoms with Gasteiger partial charge in [0.25, 0.3) is 0 Å². The van der Waals surface area contributed by atoms with Crippen LogP contribution in [0.4, 0.5) is 0 Å². The summed E-state index contributed by atoms with van der Waals surface area (Å²) in [7, 11) is 0. The van der Waals surface area contributed by atoms with Gasteiger partial charge < -0.3 is 4.90 Å². The molecular weight excluding hydrogens is 236 g/mol. The molecule has 0 aromatic rings. The highest BCUT2D eigenvalue weighted by Crippen LogP contribution is 2.25. The number of likely N-dealkylation sites (N-methyl/N-ethyl adjacent to an activating group) is 1. The van der Waals surface area contributed by atoms with Crippen LogP contribution < -0.4 is 5.48 Å². The van der Waals surface area contributed by atoms with E-state index >= 15 is 0 Å². The molecular formula is C16H28N2O. The third-order valence-electron chi connectivity index (χ3n) is 3.69. The Kier molecular flexibility index (Phi) is 6.89. The highest BCUT2D eigenvalue weighted by Gasteiger charge is 2.13. The van der Waals surface area contributed by atoms with Gasteiger partial charge in [0.05, 0.1) is 12.3 Å². The summed E-state index contributed by atoms with van der Waals surface area (Å²) >= 11 is 0. The molecule has 0 radical (unpaired) electrons. The van der Waals surface area contributed by atoms with Gasteiger partial charge in [0, 0.05) is 12.5 Å². The number of allylic oxidation sites excluding steroid dienone is 4. The zero-order valence-electron chi connectivity index (χ0n) is 12.8. The van der Waals surface area contributed by atoms with E-state index in [0.717, 1.165) is 31.8 Å². The van der Waals surface area contributed by atoms with Crippen LogP contribution in [-0.2, 0) is 4.84 Å². The van der Waals surface area contributed by atoms with Gasteiger partial charge in [-0.05, 0) is 38.9 Å². The van der Waals surface area contributed by atoms with Gasteiger partial charge in [0.1, 0.15) is 0 Å². The van der Waals surface area contributed by atoms with Crippen molar-refractivity contribution in [1.82, 2.24) is 10.4 Å². The first-order valence-corrected chi connectivity index (χ1v) is 7.23. The van der Waals surface area contributed by atoms with Crippen LogP contribution in [0.1, 0.15) is 34.1 Å². The second-order valence-corrected chi connectivity index (χ2v) is 5.13. The predicted octanol–water partition coefficient (Wildman–Crippen LogP) is 3.28. The van der Waals surface area contributed by atoms with E-state index in [1.807, 2.05) is 0 Å². The van der Waals surface area contributed by atoms with E-state index in [9.17, 15) is 0 Å². The van der Waals surface area contributed by atoms with Crippen LogP contribution in [0.5, 0.6) is 0 Å². The zero-order chi connectivity index (χ0) is 14.3. The minimum atomic E-state index is 0.428. The van der Waals surface area contributed by atoms with Gasteiger partial charge in [-0.2, -0.15) is 0 Å². The Balaban J connectivity index is 2.38. The number of nitrogens with one attached hydrogen (secondary N) is 1. The van der Waals surface area contributed by atoms with E-state index in [0.29, 0.717) is 12.5 Å². The molecule has 0 spiro atoms. The molecule has 0 aromatic carbocycles. The summed E-state index contributed by atoms with van der Waals surface area (Å²) < 4.78 is 0. The summed E-state index contributed by atoms with van der Waals surface area (Å²) in [4.78, 5) is 7.92. The van der Waals surface area contributed by atoms with Crippen LogP contribution in [0.15, 0.2) is 35.6 Å². The average Bonchev–Trinajstić information content (AvgIpc) is 2.40. The molecule has 108 valence electrons. The second-order valence-electron chi connectivity index (χ2n) is 5.13. The summed E-state index contributed by atoms with van der Waals surface area (Å²) in [6.07, 6.45) is 5.51. The van der Waals surface area contributed by atoms with E-state index in [4.69, 9.17) is 4.84 Å². The summed E-state index contributed by atoms with van der Waals surface area (Å²) in [6.45, 7) is 16.4. The molecule has 0 amide bonds. The van der Waals surface area contributed by atoms with E-state index in [1.165, 1.54) is 11.1 Å². The van der Waals surface area contributed by atoms with Gasteiger partial charge in [-0.25, -0.2) is 0 Å². The SMILES string of the molecule is C=C(C)C1C=C(NOCCN(CC)CC)C(C)=CC1. The molecule has 3 heteroatoms. The van der Waals surface area contributed by atoms with Gasteiger partial charge in [0.15, 0.2) is 0 Å². The van der Waals surface area contributed by atoms with E-state index in [2.05, 4.69) is 56.8 Å². The number of hydrogen-bond donors (Lipinski definition) is 1. The lowest BCUT2D eigenvalue weighted by atomic mass is 9.90. The summed E-state index contributed by atoms with van der Waals surface area (Å²) in [6, 6.07) is 0. The molecule has 1 N–H and O–H groups in total. The summed E-state index contributed by atoms with van der Waals surface area (Å²) in [5, 5.41) is 0. The van der Waals surface area contributed by atoms with E-state index < -0.39 is 0 Å². The highest BCUT2D eigenvalue weighted by molar-refractivity contribution is 5.33. The molecule has 1 atom stereocenters. The zero-order valence-corrected chi connectivity index (χ0v) is 12.8. The molecule has 1 aliphatic rings. The maximum atomic E-state index is 5.58. The molecule has 0 saturated carbocycles. The third kappa shape index (κ3) is 5.21. The Bertz CT molecular complexity index is 354. The first-order valence-electron chi connectivity index (χ1n) is 7.23. The highest BCUT2D eigenvalue weighted by atomic mass is 16.6. The summed E-state index contributed by atoms with van der Waals surface area (Å²) in [5.41, 5.74) is 6.62. The van der Waals surface area contributed by atoms with Crippen molar-refractivity contribution < 1.29 is 4.84 Å². The molecule has 1 rings (SSSR count). The quantitative estimate of drug-likeness (QED) is 0.414. The molecule has 19 heavy (non-hydrogen) atoms. The Labute approximate surface area is 118 Å². The lowest BCUT2D eigenvalue weighted by Crippen LogP contribution is -2.29. The first kappa shape index (κ1) is 16.0. The molecule has 0 saturated heterocycles. The van der Waals surface area contributed by atoms with Crippen molar-refractivity contribution in [2.24, 2.45) is 5.92 Å². The normalized spacial score (nSPS) is 19.1. The standard InChI is InChI=1S/C16H28N2O/c1-6-18(7-2)10-11-19-17-16-12-15(13(3)4)9-8-14(16)5/h8,12,15,17H,3,6-7,9-11H2,1-2,4-5H3. The average molecular weight is 264 g/mol. The smallest absolute Gasteiger partial charge is 0.0873 e. The monoisotopic (exact) mass is 264 g/mol. The first-order chi connectivity index (χ1) is 9.08. The molecule has 0 aliphatic heterocycles. The maximum absolute atomic E-state index is 5.58. The molecule has 3 nitrogen and oxygen atoms in total. The Morgan fingerprint density at radius 3 is 2.74 bits per heavy atom. The van der Waals surface area contributed by atoms with Crippen molar-refractivity contribution in [2.45, 2.75) is 34.1 Å². The fourth-order valence-corrected chi connectivity index (χ4v) is 2.12. The van der Waals surface area contributed by atoms with Crippen molar-refractivity contribution in [3.05, 3.63) is 35.6 Å². The van der Waals surface area contributed by atoms with Crippen molar-refractivity contribution in [3.63, 3.8) is 0 Å². The number of nitrogens with zero attached hydrogens (tertiary/aromatic N) is 1. The minimum absolute atomic E-state index is 0.428. The van der Waals surface area contributed by atoms with Crippen LogP contribution in [0.2, 0.25) is 0 Å². The Morgan fingerprint density at radius 2 is 2.16 bits per heavy atom. The van der Waals surface area contributed by atoms with Crippen LogP contribution in [0, 0.1) is 5.92 Å². The van der Waals surface area contributed by atoms with Crippen molar-refractivity contribution in [2.75, 3.05) is 26.2 Å². The summed E-state index contributed by atoms with van der Waals surface area (Å²) in [5.74, 6) is 0.428. The van der Waals surface area contributed by atoms with Gasteiger partial charge in [0.2, 0.25) is 0 Å². The van der Waals surface area contributed by atoms with E-state index in [-0.39, 0.29) is 0 Å². The lowest BCUT2D eigenvalue weighted by Gasteiger charge is -2.22. The van der Waals surface area contributed by atoms with Crippen LogP contribution >= 0.6 is 0 Å². The van der Waals surface area contributed by atoms with Gasteiger partial charge >= 0.3 is 0 Å². The molecule has 1 aliphatic carbocycles. The molecule has 0 fully saturated rings. The topological polar surface area (TPSA) is 24.5 Å². The van der Waals surface area contributed by atoms with E-state index in [1.54, 1.807) is 0 Å². The number of rotatable bonds is 8. The largest absolute Gasteiger partial charge is 0.301 e. The molecule has 0 bridgehead atoms. The fourth-order valence-electron chi connectivity index (χ4n) is 2.12. The van der Waals surface area contributed by atoms with Crippen LogP contribution in [0.3, 0.4) is 0 Å². The Hall–Kier alpha value is -1.06. The van der Waals surface area contributed by atoms with Crippen molar-refractivity contribution in [1.29, 1.82) is 0 Å². The predicted molar refractivity (Wildman–Crippen MR) is 81.6 cm³/mol. The number of hydroxylamine groups is 1. The second kappa shape index (κ2) is 8.18. The Morgan fingerprint density at radius 1 is 1.47 bits per heavy atom. The maximum Gasteiger partial charge on any atom is 0.0873 e. The van der Waals surface area contributed by atoms with Crippen LogP contribution in [0.25, 0.3) is 0 Å². The molecule has 1 unspecified atom stereocenters. The van der Waals surface area contributed by atoms with Crippen LogP contribution in [-0.4, -0.2) is 31.1 Å². The molecule has 0 aromatic heterocycles.